The Bertz CT molecular complexity index is 932. The molecule has 4 rings (SSSR count). The van der Waals surface area contributed by atoms with Crippen molar-refractivity contribution in [1.82, 2.24) is 0 Å². The molecule has 3 fully saturated rings. The fourth-order valence-electron chi connectivity index (χ4n) is 8.60. The molecule has 0 aromatic carbocycles. The van der Waals surface area contributed by atoms with E-state index in [1.807, 2.05) is 6.92 Å². The lowest BCUT2D eigenvalue weighted by Gasteiger charge is -2.60. The van der Waals surface area contributed by atoms with E-state index in [1.165, 1.54) is 6.92 Å². The van der Waals surface area contributed by atoms with E-state index in [0.29, 0.717) is 38.5 Å². The van der Waals surface area contributed by atoms with Crippen molar-refractivity contribution in [1.29, 1.82) is 0 Å². The van der Waals surface area contributed by atoms with Crippen LogP contribution >= 0.6 is 0 Å². The summed E-state index contributed by atoms with van der Waals surface area (Å²) in [6.07, 6.45) is 5.48. The maximum atomic E-state index is 13.5. The molecule has 9 atom stereocenters. The number of aliphatic hydroxyl groups excluding tert-OH is 1. The van der Waals surface area contributed by atoms with E-state index in [0.717, 1.165) is 18.4 Å². The first-order valence-corrected chi connectivity index (χ1v) is 13.7. The summed E-state index contributed by atoms with van der Waals surface area (Å²) in [7, 11) is 0. The minimum absolute atomic E-state index is 0.00120. The smallest absolute Gasteiger partial charge is 0.302 e. The van der Waals surface area contributed by atoms with Crippen molar-refractivity contribution in [3.63, 3.8) is 0 Å². The molecular formula is C29H46O7. The lowest BCUT2D eigenvalue weighted by Crippen LogP contribution is -2.62. The predicted octanol–water partition coefficient (Wildman–Crippen LogP) is 3.45. The first-order valence-electron chi connectivity index (χ1n) is 13.7. The predicted molar refractivity (Wildman–Crippen MR) is 135 cm³/mol. The van der Waals surface area contributed by atoms with E-state index in [-0.39, 0.29) is 47.4 Å². The molecule has 4 aliphatic carbocycles. The van der Waals surface area contributed by atoms with Gasteiger partial charge in [-0.1, -0.05) is 13.8 Å². The number of allylic oxidation sites excluding steroid dienone is 1. The third-order valence-electron chi connectivity index (χ3n) is 10.8. The second-order valence-corrected chi connectivity index (χ2v) is 13.6. The summed E-state index contributed by atoms with van der Waals surface area (Å²) in [4.78, 5) is 25.0. The van der Waals surface area contributed by atoms with Crippen molar-refractivity contribution in [3.05, 3.63) is 11.6 Å². The average Bonchev–Trinajstić information content (AvgIpc) is 3.04. The Morgan fingerprint density at radius 2 is 1.78 bits per heavy atom. The van der Waals surface area contributed by atoms with Crippen LogP contribution in [0, 0.1) is 28.6 Å². The number of hydrogen-bond acceptors (Lipinski definition) is 7. The van der Waals surface area contributed by atoms with Gasteiger partial charge in [-0.15, -0.1) is 0 Å². The van der Waals surface area contributed by atoms with Gasteiger partial charge in [0.05, 0.1) is 22.9 Å². The quantitative estimate of drug-likeness (QED) is 0.407. The highest BCUT2D eigenvalue weighted by molar-refractivity contribution is 5.95. The van der Waals surface area contributed by atoms with Gasteiger partial charge in [0, 0.05) is 18.3 Å². The number of carbonyl (C=O) groups is 2. The van der Waals surface area contributed by atoms with Gasteiger partial charge in [0.2, 0.25) is 0 Å². The largest absolute Gasteiger partial charge is 0.463 e. The standard InChI is InChI=1S/C29H46O7/c1-17(30)36-18-7-12-26(4)19-8-13-27(5)23(28(6,34)24(32)10-11-25(2,3)33)9-14-29(27,35)20(19)16-22(31)21(26)15-18/h16,18-19,21,23-24,32-35H,7-15H2,1-6H3. The van der Waals surface area contributed by atoms with Crippen LogP contribution in [0.25, 0.3) is 0 Å². The second-order valence-electron chi connectivity index (χ2n) is 13.6. The number of fused-ring (bicyclic) bond motifs is 5. The summed E-state index contributed by atoms with van der Waals surface area (Å²) in [6.45, 7) is 10.6. The zero-order valence-corrected chi connectivity index (χ0v) is 22.8. The number of carbonyl (C=O) groups excluding carboxylic acids is 2. The number of ether oxygens (including phenoxy) is 1. The highest BCUT2D eigenvalue weighted by Crippen LogP contribution is 2.68. The summed E-state index contributed by atoms with van der Waals surface area (Å²) in [5.74, 6) is -0.853. The van der Waals surface area contributed by atoms with Crippen molar-refractivity contribution in [3.8, 4) is 0 Å². The van der Waals surface area contributed by atoms with Crippen molar-refractivity contribution in [2.75, 3.05) is 0 Å². The van der Waals surface area contributed by atoms with Crippen molar-refractivity contribution in [2.24, 2.45) is 28.6 Å². The fraction of sp³-hybridized carbons (Fsp3) is 0.862. The van der Waals surface area contributed by atoms with Gasteiger partial charge < -0.3 is 25.2 Å². The van der Waals surface area contributed by atoms with Gasteiger partial charge >= 0.3 is 5.97 Å². The van der Waals surface area contributed by atoms with Gasteiger partial charge in [-0.3, -0.25) is 9.59 Å². The van der Waals surface area contributed by atoms with Crippen molar-refractivity contribution in [2.45, 2.75) is 128 Å². The molecule has 0 spiro atoms. The topological polar surface area (TPSA) is 124 Å². The van der Waals surface area contributed by atoms with Gasteiger partial charge in [0.15, 0.2) is 5.78 Å². The summed E-state index contributed by atoms with van der Waals surface area (Å²) in [5, 5.41) is 45.0. The monoisotopic (exact) mass is 506 g/mol. The Kier molecular flexibility index (Phi) is 6.85. The highest BCUT2D eigenvalue weighted by Gasteiger charge is 2.68. The van der Waals surface area contributed by atoms with E-state index in [2.05, 4.69) is 6.92 Å². The van der Waals surface area contributed by atoms with E-state index >= 15 is 0 Å². The van der Waals surface area contributed by atoms with Crippen molar-refractivity contribution < 1.29 is 34.8 Å². The zero-order valence-electron chi connectivity index (χ0n) is 22.8. The lowest BCUT2D eigenvalue weighted by atomic mass is 9.46. The van der Waals surface area contributed by atoms with Gasteiger partial charge in [-0.2, -0.15) is 0 Å². The molecular weight excluding hydrogens is 460 g/mol. The number of ketones is 1. The molecule has 0 amide bonds. The Balaban J connectivity index is 1.62. The first kappa shape index (κ1) is 27.7. The fourth-order valence-corrected chi connectivity index (χ4v) is 8.60. The number of hydrogen-bond donors (Lipinski definition) is 4. The Hall–Kier alpha value is -1.28. The summed E-state index contributed by atoms with van der Waals surface area (Å²) < 4.78 is 5.46. The van der Waals surface area contributed by atoms with Crippen molar-refractivity contribution >= 4 is 11.8 Å². The van der Waals surface area contributed by atoms with Crippen LogP contribution in [0.4, 0.5) is 0 Å². The van der Waals surface area contributed by atoms with Crippen LogP contribution in [0.2, 0.25) is 0 Å². The van der Waals surface area contributed by atoms with Gasteiger partial charge in [-0.05, 0) is 107 Å². The van der Waals surface area contributed by atoms with Crippen LogP contribution in [-0.2, 0) is 14.3 Å². The lowest BCUT2D eigenvalue weighted by molar-refractivity contribution is -0.174. The maximum Gasteiger partial charge on any atom is 0.302 e. The number of esters is 1. The molecule has 0 radical (unpaired) electrons. The molecule has 0 heterocycles. The normalized spacial score (nSPS) is 42.9. The zero-order chi connectivity index (χ0) is 26.9. The Morgan fingerprint density at radius 1 is 1.11 bits per heavy atom. The highest BCUT2D eigenvalue weighted by atomic mass is 16.5. The van der Waals surface area contributed by atoms with Crippen LogP contribution in [0.1, 0.15) is 99.3 Å². The molecule has 0 aliphatic heterocycles. The van der Waals surface area contributed by atoms with Gasteiger partial charge in [0.25, 0.3) is 0 Å². The minimum atomic E-state index is -1.44. The molecule has 9 unspecified atom stereocenters. The molecule has 0 bridgehead atoms. The summed E-state index contributed by atoms with van der Waals surface area (Å²) in [6, 6.07) is 0. The molecule has 204 valence electrons. The van der Waals surface area contributed by atoms with E-state index in [4.69, 9.17) is 4.74 Å². The average molecular weight is 507 g/mol. The van der Waals surface area contributed by atoms with Crippen LogP contribution in [-0.4, -0.2) is 61.2 Å². The first-order chi connectivity index (χ1) is 16.5. The third-order valence-corrected chi connectivity index (χ3v) is 10.8. The molecule has 4 aliphatic rings. The minimum Gasteiger partial charge on any atom is -0.463 e. The number of rotatable bonds is 6. The molecule has 36 heavy (non-hydrogen) atoms. The molecule has 7 nitrogen and oxygen atoms in total. The summed E-state index contributed by atoms with van der Waals surface area (Å²) in [5.41, 5.74) is -3.80. The third kappa shape index (κ3) is 4.28. The van der Waals surface area contributed by atoms with E-state index in [1.54, 1.807) is 26.8 Å². The van der Waals surface area contributed by atoms with Crippen LogP contribution in [0.3, 0.4) is 0 Å². The Morgan fingerprint density at radius 3 is 2.39 bits per heavy atom. The van der Waals surface area contributed by atoms with Gasteiger partial charge in [0.1, 0.15) is 6.10 Å². The van der Waals surface area contributed by atoms with E-state index in [9.17, 15) is 30.0 Å². The number of aliphatic hydroxyl groups is 4. The molecule has 7 heteroatoms. The van der Waals surface area contributed by atoms with Crippen LogP contribution in [0.5, 0.6) is 0 Å². The molecule has 4 N–H and O–H groups in total. The second kappa shape index (κ2) is 8.89. The molecule has 3 saturated carbocycles. The molecule has 0 aromatic heterocycles. The maximum absolute atomic E-state index is 13.5. The van der Waals surface area contributed by atoms with E-state index < -0.39 is 28.3 Å². The van der Waals surface area contributed by atoms with Crippen LogP contribution < -0.4 is 0 Å². The molecule has 0 saturated heterocycles. The van der Waals surface area contributed by atoms with Gasteiger partial charge in [-0.25, -0.2) is 0 Å². The Labute approximate surface area is 215 Å². The SMILES string of the molecule is CC(=O)OC1CCC2(C)C(C1)C(=O)C=C1C2CCC2(C)C(C(C)(O)C(O)CCC(C)(C)O)CCC12O. The summed E-state index contributed by atoms with van der Waals surface area (Å²) >= 11 is 0. The molecule has 0 aromatic rings. The van der Waals surface area contributed by atoms with Crippen LogP contribution in [0.15, 0.2) is 11.6 Å².